The zero-order valence-electron chi connectivity index (χ0n) is 11.0. The highest BCUT2D eigenvalue weighted by atomic mass is 79.9. The minimum atomic E-state index is -0.340. The number of nitrogens with two attached hydrogens (primary N) is 1. The van der Waals surface area contributed by atoms with Gasteiger partial charge in [-0.05, 0) is 47.5 Å². The molecule has 0 aliphatic heterocycles. The number of aromatic nitrogens is 1. The van der Waals surface area contributed by atoms with Crippen LogP contribution in [-0.4, -0.2) is 4.98 Å². The third-order valence-corrected chi connectivity index (χ3v) is 4.14. The third kappa shape index (κ3) is 3.19. The molecule has 1 aromatic carbocycles. The Morgan fingerprint density at radius 2 is 2.05 bits per heavy atom. The second-order valence-corrected chi connectivity index (χ2v) is 6.09. The van der Waals surface area contributed by atoms with Crippen molar-refractivity contribution in [1.82, 2.24) is 4.98 Å². The lowest BCUT2D eigenvalue weighted by molar-refractivity contribution is 0.227. The molecule has 20 heavy (non-hydrogen) atoms. The largest absolute Gasteiger partial charge is 0.482 e. The van der Waals surface area contributed by atoms with Crippen molar-refractivity contribution in [2.45, 2.75) is 20.0 Å². The van der Waals surface area contributed by atoms with Crippen molar-refractivity contribution in [1.29, 1.82) is 0 Å². The molecule has 0 saturated carbocycles. The summed E-state index contributed by atoms with van der Waals surface area (Å²) in [5.41, 5.74) is 7.49. The van der Waals surface area contributed by atoms with Crippen molar-refractivity contribution < 1.29 is 4.74 Å². The van der Waals surface area contributed by atoms with Crippen molar-refractivity contribution in [3.63, 3.8) is 0 Å². The number of hydrogen-bond acceptors (Lipinski definition) is 3. The molecule has 1 aromatic heterocycles. The molecule has 2 N–H and O–H groups in total. The summed E-state index contributed by atoms with van der Waals surface area (Å²) in [6.07, 6.45) is 1.27. The SMILES string of the molecule is Cc1ccc(Cl)c(C(C)Oc2cc(Br)cnc2N)c1Cl. The van der Waals surface area contributed by atoms with Gasteiger partial charge in [0, 0.05) is 21.3 Å². The van der Waals surface area contributed by atoms with Gasteiger partial charge in [-0.3, -0.25) is 0 Å². The standard InChI is InChI=1S/C14H13BrCl2N2O/c1-7-3-4-10(16)12(13(7)17)8(2)20-11-5-9(15)6-19-14(11)18/h3-6,8H,1-2H3,(H2,18,19). The zero-order chi connectivity index (χ0) is 14.9. The van der Waals surface area contributed by atoms with E-state index in [2.05, 4.69) is 20.9 Å². The van der Waals surface area contributed by atoms with E-state index in [1.807, 2.05) is 19.9 Å². The average Bonchev–Trinajstić information content (AvgIpc) is 2.39. The van der Waals surface area contributed by atoms with E-state index in [0.29, 0.717) is 21.6 Å². The normalized spacial score (nSPS) is 12.2. The van der Waals surface area contributed by atoms with Gasteiger partial charge in [0.2, 0.25) is 0 Å². The van der Waals surface area contributed by atoms with E-state index in [1.165, 1.54) is 0 Å². The van der Waals surface area contributed by atoms with Crippen molar-refractivity contribution in [3.05, 3.63) is 50.0 Å². The lowest BCUT2D eigenvalue weighted by Gasteiger charge is -2.19. The molecule has 0 spiro atoms. The molecule has 0 aliphatic rings. The molecule has 6 heteroatoms. The van der Waals surface area contributed by atoms with Gasteiger partial charge in [0.15, 0.2) is 11.6 Å². The summed E-state index contributed by atoms with van der Waals surface area (Å²) in [7, 11) is 0. The molecule has 1 atom stereocenters. The molecule has 1 heterocycles. The van der Waals surface area contributed by atoms with E-state index >= 15 is 0 Å². The lowest BCUT2D eigenvalue weighted by Crippen LogP contribution is -2.07. The molecule has 0 saturated heterocycles. The first kappa shape index (κ1) is 15.4. The number of ether oxygens (including phenoxy) is 1. The van der Waals surface area contributed by atoms with Crippen LogP contribution in [0, 0.1) is 6.92 Å². The van der Waals surface area contributed by atoms with Gasteiger partial charge in [-0.1, -0.05) is 29.3 Å². The molecule has 0 radical (unpaired) electrons. The molecule has 0 fully saturated rings. The van der Waals surface area contributed by atoms with Crippen LogP contribution in [0.1, 0.15) is 24.2 Å². The topological polar surface area (TPSA) is 48.1 Å². The van der Waals surface area contributed by atoms with Gasteiger partial charge in [-0.15, -0.1) is 0 Å². The first-order valence-electron chi connectivity index (χ1n) is 5.92. The molecule has 2 aromatic rings. The van der Waals surface area contributed by atoms with E-state index in [-0.39, 0.29) is 6.10 Å². The van der Waals surface area contributed by atoms with Gasteiger partial charge in [0.1, 0.15) is 6.10 Å². The number of rotatable bonds is 3. The fourth-order valence-electron chi connectivity index (χ4n) is 1.83. The van der Waals surface area contributed by atoms with Crippen molar-refractivity contribution in [2.75, 3.05) is 5.73 Å². The fourth-order valence-corrected chi connectivity index (χ4v) is 2.81. The van der Waals surface area contributed by atoms with E-state index < -0.39 is 0 Å². The molecule has 3 nitrogen and oxygen atoms in total. The molecule has 1 unspecified atom stereocenters. The van der Waals surface area contributed by atoms with E-state index in [9.17, 15) is 0 Å². The van der Waals surface area contributed by atoms with Crippen LogP contribution in [0.15, 0.2) is 28.9 Å². The Kier molecular flexibility index (Phi) is 4.78. The highest BCUT2D eigenvalue weighted by Gasteiger charge is 2.18. The number of nitrogen functional groups attached to an aromatic ring is 1. The van der Waals surface area contributed by atoms with Crippen LogP contribution in [0.2, 0.25) is 10.0 Å². The molecule has 0 bridgehead atoms. The predicted octanol–water partition coefficient (Wildman–Crippen LogP) is 5.18. The zero-order valence-corrected chi connectivity index (χ0v) is 14.1. The van der Waals surface area contributed by atoms with Crippen molar-refractivity contribution >= 4 is 44.9 Å². The van der Waals surface area contributed by atoms with Gasteiger partial charge in [0.05, 0.1) is 5.02 Å². The molecule has 106 valence electrons. The van der Waals surface area contributed by atoms with Crippen LogP contribution in [0.4, 0.5) is 5.82 Å². The monoisotopic (exact) mass is 374 g/mol. The first-order chi connectivity index (χ1) is 9.40. The number of halogens is 3. The minimum Gasteiger partial charge on any atom is -0.482 e. The number of hydrogen-bond donors (Lipinski definition) is 1. The Balaban J connectivity index is 2.35. The van der Waals surface area contributed by atoms with Crippen LogP contribution in [0.25, 0.3) is 0 Å². The van der Waals surface area contributed by atoms with E-state index in [1.54, 1.807) is 18.3 Å². The number of aryl methyl sites for hydroxylation is 1. The number of nitrogens with zero attached hydrogens (tertiary/aromatic N) is 1. The van der Waals surface area contributed by atoms with Gasteiger partial charge in [0.25, 0.3) is 0 Å². The summed E-state index contributed by atoms with van der Waals surface area (Å²) < 4.78 is 6.63. The van der Waals surface area contributed by atoms with Gasteiger partial charge in [-0.2, -0.15) is 0 Å². The second kappa shape index (κ2) is 6.20. The Hall–Kier alpha value is -0.970. The molecular weight excluding hydrogens is 363 g/mol. The molecule has 0 amide bonds. The van der Waals surface area contributed by atoms with Gasteiger partial charge in [-0.25, -0.2) is 4.98 Å². The highest BCUT2D eigenvalue weighted by molar-refractivity contribution is 9.10. The summed E-state index contributed by atoms with van der Waals surface area (Å²) in [6.45, 7) is 3.79. The maximum atomic E-state index is 6.31. The van der Waals surface area contributed by atoms with Gasteiger partial charge < -0.3 is 10.5 Å². The Bertz CT molecular complexity index is 649. The number of pyridine rings is 1. The fraction of sp³-hybridized carbons (Fsp3) is 0.214. The second-order valence-electron chi connectivity index (χ2n) is 4.39. The minimum absolute atomic E-state index is 0.319. The number of anilines is 1. The first-order valence-corrected chi connectivity index (χ1v) is 7.47. The van der Waals surface area contributed by atoms with E-state index in [4.69, 9.17) is 33.7 Å². The predicted molar refractivity (Wildman–Crippen MR) is 86.6 cm³/mol. The Labute approximate surface area is 136 Å². The van der Waals surface area contributed by atoms with Crippen molar-refractivity contribution in [3.8, 4) is 5.75 Å². The lowest BCUT2D eigenvalue weighted by atomic mass is 10.1. The third-order valence-electron chi connectivity index (χ3n) is 2.88. The molecule has 2 rings (SSSR count). The Morgan fingerprint density at radius 1 is 1.35 bits per heavy atom. The quantitative estimate of drug-likeness (QED) is 0.803. The summed E-state index contributed by atoms with van der Waals surface area (Å²) in [4.78, 5) is 4.03. The summed E-state index contributed by atoms with van der Waals surface area (Å²) in [5.74, 6) is 0.806. The van der Waals surface area contributed by atoms with Gasteiger partial charge >= 0.3 is 0 Å². The Morgan fingerprint density at radius 3 is 2.75 bits per heavy atom. The van der Waals surface area contributed by atoms with Crippen LogP contribution in [0.3, 0.4) is 0 Å². The smallest absolute Gasteiger partial charge is 0.166 e. The maximum Gasteiger partial charge on any atom is 0.166 e. The van der Waals surface area contributed by atoms with Crippen LogP contribution in [-0.2, 0) is 0 Å². The van der Waals surface area contributed by atoms with Crippen LogP contribution in [0.5, 0.6) is 5.75 Å². The average molecular weight is 376 g/mol. The van der Waals surface area contributed by atoms with Crippen LogP contribution >= 0.6 is 39.1 Å². The number of benzene rings is 1. The van der Waals surface area contributed by atoms with E-state index in [0.717, 1.165) is 15.6 Å². The maximum absolute atomic E-state index is 6.31. The molecule has 0 aliphatic carbocycles. The van der Waals surface area contributed by atoms with Crippen LogP contribution < -0.4 is 10.5 Å². The van der Waals surface area contributed by atoms with Crippen molar-refractivity contribution in [2.24, 2.45) is 0 Å². The summed E-state index contributed by atoms with van der Waals surface area (Å²) >= 11 is 15.9. The summed E-state index contributed by atoms with van der Waals surface area (Å²) in [5, 5.41) is 1.17. The highest BCUT2D eigenvalue weighted by Crippen LogP contribution is 2.36. The summed E-state index contributed by atoms with van der Waals surface area (Å²) in [6, 6.07) is 5.44. The molecular formula is C14H13BrCl2N2O.